The molecule has 2 N–H and O–H groups in total. The van der Waals surface area contributed by atoms with Crippen LogP contribution >= 0.6 is 0 Å². The number of nitrogens with zero attached hydrogens (tertiary/aromatic N) is 4. The highest BCUT2D eigenvalue weighted by Crippen LogP contribution is 2.26. The van der Waals surface area contributed by atoms with Crippen LogP contribution in [0.5, 0.6) is 0 Å². The van der Waals surface area contributed by atoms with Crippen LogP contribution in [0.2, 0.25) is 0 Å². The lowest BCUT2D eigenvalue weighted by Crippen LogP contribution is -1.97. The topological polar surface area (TPSA) is 61.1 Å². The van der Waals surface area contributed by atoms with E-state index in [4.69, 9.17) is 5.73 Å². The molecule has 18 heavy (non-hydrogen) atoms. The molecule has 0 fully saturated rings. The molecular formula is C13H15N5. The fourth-order valence-corrected chi connectivity index (χ4v) is 2.15. The van der Waals surface area contributed by atoms with Gasteiger partial charge >= 0.3 is 0 Å². The van der Waals surface area contributed by atoms with Crippen LogP contribution in [-0.2, 0) is 6.54 Å². The third-order valence-corrected chi connectivity index (χ3v) is 3.11. The average molecular weight is 241 g/mol. The van der Waals surface area contributed by atoms with E-state index >= 15 is 0 Å². The quantitative estimate of drug-likeness (QED) is 0.747. The molecule has 0 atom stereocenters. The molecule has 0 aromatic carbocycles. The van der Waals surface area contributed by atoms with Crippen molar-refractivity contribution in [3.8, 4) is 11.3 Å². The maximum atomic E-state index is 6.19. The normalized spacial score (nSPS) is 11.2. The second-order valence-corrected chi connectivity index (χ2v) is 4.29. The molecule has 5 nitrogen and oxygen atoms in total. The van der Waals surface area contributed by atoms with Crippen LogP contribution in [0.15, 0.2) is 30.6 Å². The van der Waals surface area contributed by atoms with Crippen LogP contribution in [0.4, 0.5) is 5.82 Å². The Morgan fingerprint density at radius 2 is 2.17 bits per heavy atom. The summed E-state index contributed by atoms with van der Waals surface area (Å²) in [5.74, 6) is 0.666. The Kier molecular flexibility index (Phi) is 2.33. The summed E-state index contributed by atoms with van der Waals surface area (Å²) in [5, 5.41) is 4.26. The van der Waals surface area contributed by atoms with E-state index in [-0.39, 0.29) is 0 Å². The fraction of sp³-hybridized carbons (Fsp3) is 0.231. The van der Waals surface area contributed by atoms with E-state index in [1.807, 2.05) is 47.3 Å². The Morgan fingerprint density at radius 1 is 1.33 bits per heavy atom. The number of anilines is 1. The zero-order valence-corrected chi connectivity index (χ0v) is 10.5. The van der Waals surface area contributed by atoms with Gasteiger partial charge in [0.05, 0.1) is 6.20 Å². The van der Waals surface area contributed by atoms with Gasteiger partial charge in [-0.1, -0.05) is 6.07 Å². The predicted molar refractivity (Wildman–Crippen MR) is 71.2 cm³/mol. The van der Waals surface area contributed by atoms with Gasteiger partial charge in [0.2, 0.25) is 0 Å². The number of imidazole rings is 1. The predicted octanol–water partition coefficient (Wildman–Crippen LogP) is 2.11. The van der Waals surface area contributed by atoms with Gasteiger partial charge in [-0.15, -0.1) is 0 Å². The molecule has 0 aliphatic heterocycles. The largest absolute Gasteiger partial charge is 0.383 e. The van der Waals surface area contributed by atoms with Gasteiger partial charge in [0, 0.05) is 24.0 Å². The number of hydrogen-bond donors (Lipinski definition) is 1. The minimum atomic E-state index is 0.666. The van der Waals surface area contributed by atoms with E-state index in [1.54, 1.807) is 6.20 Å². The third kappa shape index (κ3) is 1.48. The van der Waals surface area contributed by atoms with Gasteiger partial charge in [0.15, 0.2) is 0 Å². The minimum absolute atomic E-state index is 0.666. The summed E-state index contributed by atoms with van der Waals surface area (Å²) in [7, 11) is 0. The van der Waals surface area contributed by atoms with Crippen molar-refractivity contribution in [2.24, 2.45) is 0 Å². The smallest absolute Gasteiger partial charge is 0.139 e. The lowest BCUT2D eigenvalue weighted by atomic mass is 10.2. The van der Waals surface area contributed by atoms with Crippen molar-refractivity contribution in [1.29, 1.82) is 0 Å². The van der Waals surface area contributed by atoms with Crippen LogP contribution in [0, 0.1) is 6.92 Å². The molecular weight excluding hydrogens is 226 g/mol. The van der Waals surface area contributed by atoms with Gasteiger partial charge in [-0.05, 0) is 26.0 Å². The number of hydrogen-bond acceptors (Lipinski definition) is 3. The molecule has 3 aromatic heterocycles. The molecule has 3 heterocycles. The second kappa shape index (κ2) is 3.87. The lowest BCUT2D eigenvalue weighted by molar-refractivity contribution is 0.660. The number of aromatic nitrogens is 4. The van der Waals surface area contributed by atoms with E-state index in [9.17, 15) is 0 Å². The maximum Gasteiger partial charge on any atom is 0.139 e. The molecule has 0 radical (unpaired) electrons. The van der Waals surface area contributed by atoms with Gasteiger partial charge in [0.25, 0.3) is 0 Å². The SMILES string of the molecule is CCn1cc(-c2nc3cccc(C)n3c2N)cn1. The number of aryl methyl sites for hydroxylation is 2. The highest BCUT2D eigenvalue weighted by molar-refractivity contribution is 5.74. The summed E-state index contributed by atoms with van der Waals surface area (Å²) in [6.07, 6.45) is 3.77. The minimum Gasteiger partial charge on any atom is -0.383 e. The summed E-state index contributed by atoms with van der Waals surface area (Å²) < 4.78 is 3.82. The zero-order valence-electron chi connectivity index (χ0n) is 10.5. The van der Waals surface area contributed by atoms with Gasteiger partial charge in [-0.25, -0.2) is 4.98 Å². The molecule has 0 aliphatic carbocycles. The molecule has 0 aliphatic rings. The molecule has 5 heteroatoms. The zero-order chi connectivity index (χ0) is 12.7. The van der Waals surface area contributed by atoms with E-state index in [0.717, 1.165) is 29.1 Å². The van der Waals surface area contributed by atoms with Crippen LogP contribution in [0.1, 0.15) is 12.6 Å². The first kappa shape index (κ1) is 10.8. The van der Waals surface area contributed by atoms with Crippen LogP contribution in [0.3, 0.4) is 0 Å². The summed E-state index contributed by atoms with van der Waals surface area (Å²) in [6.45, 7) is 4.91. The first-order valence-electron chi connectivity index (χ1n) is 5.97. The number of fused-ring (bicyclic) bond motifs is 1. The number of pyridine rings is 1. The monoisotopic (exact) mass is 241 g/mol. The molecule has 92 valence electrons. The first-order valence-corrected chi connectivity index (χ1v) is 5.97. The van der Waals surface area contributed by atoms with Crippen LogP contribution in [-0.4, -0.2) is 19.2 Å². The van der Waals surface area contributed by atoms with Crippen LogP contribution in [0.25, 0.3) is 16.9 Å². The fourth-order valence-electron chi connectivity index (χ4n) is 2.15. The summed E-state index contributed by atoms with van der Waals surface area (Å²) >= 11 is 0. The Balaban J connectivity index is 2.23. The van der Waals surface area contributed by atoms with Crippen molar-refractivity contribution < 1.29 is 0 Å². The van der Waals surface area contributed by atoms with Crippen molar-refractivity contribution in [3.63, 3.8) is 0 Å². The lowest BCUT2D eigenvalue weighted by Gasteiger charge is -2.00. The van der Waals surface area contributed by atoms with Crippen molar-refractivity contribution in [2.45, 2.75) is 20.4 Å². The highest BCUT2D eigenvalue weighted by Gasteiger charge is 2.13. The van der Waals surface area contributed by atoms with Crippen molar-refractivity contribution in [3.05, 3.63) is 36.3 Å². The first-order chi connectivity index (χ1) is 8.70. The van der Waals surface area contributed by atoms with Gasteiger partial charge in [-0.3, -0.25) is 9.08 Å². The van der Waals surface area contributed by atoms with Gasteiger partial charge in [0.1, 0.15) is 17.2 Å². The molecule has 0 bridgehead atoms. The molecule has 0 spiro atoms. The van der Waals surface area contributed by atoms with E-state index in [0.29, 0.717) is 5.82 Å². The summed E-state index contributed by atoms with van der Waals surface area (Å²) in [5.41, 5.74) is 9.88. The number of rotatable bonds is 2. The Morgan fingerprint density at radius 3 is 2.83 bits per heavy atom. The Hall–Kier alpha value is -2.30. The third-order valence-electron chi connectivity index (χ3n) is 3.11. The van der Waals surface area contributed by atoms with Gasteiger partial charge < -0.3 is 5.73 Å². The van der Waals surface area contributed by atoms with E-state index < -0.39 is 0 Å². The molecule has 0 amide bonds. The molecule has 3 aromatic rings. The Labute approximate surface area is 105 Å². The van der Waals surface area contributed by atoms with Crippen molar-refractivity contribution in [1.82, 2.24) is 19.2 Å². The standard InChI is InChI=1S/C13H15N5/c1-3-17-8-10(7-15-17)12-13(14)18-9(2)5-4-6-11(18)16-12/h4-8H,3,14H2,1-2H3. The van der Waals surface area contributed by atoms with E-state index in [2.05, 4.69) is 10.1 Å². The Bertz CT molecular complexity index is 707. The van der Waals surface area contributed by atoms with E-state index in [1.165, 1.54) is 0 Å². The molecule has 3 rings (SSSR count). The number of nitrogens with two attached hydrogens (primary N) is 1. The average Bonchev–Trinajstić information content (AvgIpc) is 2.94. The van der Waals surface area contributed by atoms with Crippen LogP contribution < -0.4 is 5.73 Å². The molecule has 0 saturated carbocycles. The second-order valence-electron chi connectivity index (χ2n) is 4.29. The summed E-state index contributed by atoms with van der Waals surface area (Å²) in [4.78, 5) is 4.58. The van der Waals surface area contributed by atoms with Crippen molar-refractivity contribution in [2.75, 3.05) is 5.73 Å². The number of nitrogen functional groups attached to an aromatic ring is 1. The highest BCUT2D eigenvalue weighted by atomic mass is 15.3. The van der Waals surface area contributed by atoms with Crippen molar-refractivity contribution >= 4 is 11.5 Å². The molecule has 0 saturated heterocycles. The molecule has 0 unspecified atom stereocenters. The van der Waals surface area contributed by atoms with Gasteiger partial charge in [-0.2, -0.15) is 5.10 Å². The summed E-state index contributed by atoms with van der Waals surface area (Å²) in [6, 6.07) is 5.96. The maximum absolute atomic E-state index is 6.19.